The minimum Gasteiger partial charge on any atom is -0.378 e. The van der Waals surface area contributed by atoms with Crippen LogP contribution in [0.25, 0.3) is 0 Å². The number of carbonyl (C=O) groups is 2. The molecule has 0 radical (unpaired) electrons. The normalized spacial score (nSPS) is 22.1. The number of anilines is 3. The fourth-order valence-corrected chi connectivity index (χ4v) is 4.61. The third-order valence-electron chi connectivity index (χ3n) is 6.24. The molecule has 0 aromatic heterocycles. The number of carbonyl (C=O) groups excluding carboxylic acids is 2. The summed E-state index contributed by atoms with van der Waals surface area (Å²) in [4.78, 5) is 36.5. The van der Waals surface area contributed by atoms with Crippen molar-refractivity contribution in [2.75, 3.05) is 29.0 Å². The van der Waals surface area contributed by atoms with Gasteiger partial charge in [0.1, 0.15) is 5.92 Å². The molecule has 0 unspecified atom stereocenters. The molecule has 0 saturated carbocycles. The Kier molecular flexibility index (Phi) is 5.35. The van der Waals surface area contributed by atoms with E-state index in [4.69, 9.17) is 16.4 Å². The molecule has 0 spiro atoms. The summed E-state index contributed by atoms with van der Waals surface area (Å²) in [5.74, 6) is -1.27. The Morgan fingerprint density at radius 1 is 0.818 bits per heavy atom. The SMILES string of the molecule is Cc1ccc(N2C(=O)[C@@H]3[C@H](ON(c4ccc(Cl)cc4)[C@H]3c3ccc(N(C)C)cc3)C2=O)cc1. The molecule has 3 atom stereocenters. The van der Waals surface area contributed by atoms with E-state index in [-0.39, 0.29) is 11.8 Å². The molecule has 2 fully saturated rings. The zero-order valence-corrected chi connectivity index (χ0v) is 19.4. The second-order valence-corrected chi connectivity index (χ2v) is 9.07. The lowest BCUT2D eigenvalue weighted by Gasteiger charge is -2.29. The number of hydroxylamine groups is 1. The fraction of sp³-hybridized carbons (Fsp3) is 0.231. The van der Waals surface area contributed by atoms with E-state index in [1.54, 1.807) is 29.3 Å². The van der Waals surface area contributed by atoms with Crippen LogP contribution in [0.3, 0.4) is 0 Å². The zero-order valence-electron chi connectivity index (χ0n) is 18.6. The molecule has 7 heteroatoms. The van der Waals surface area contributed by atoms with Crippen LogP contribution in [0, 0.1) is 12.8 Å². The number of fused-ring (bicyclic) bond motifs is 1. The van der Waals surface area contributed by atoms with Gasteiger partial charge in [0.05, 0.1) is 17.4 Å². The van der Waals surface area contributed by atoms with Crippen molar-refractivity contribution >= 4 is 40.5 Å². The van der Waals surface area contributed by atoms with Gasteiger partial charge in [0.2, 0.25) is 5.91 Å². The molecule has 0 N–H and O–H groups in total. The molecule has 0 aliphatic carbocycles. The number of halogens is 1. The summed E-state index contributed by atoms with van der Waals surface area (Å²) in [6, 6.07) is 22.1. The summed E-state index contributed by atoms with van der Waals surface area (Å²) >= 11 is 6.08. The van der Waals surface area contributed by atoms with Crippen LogP contribution in [0.2, 0.25) is 5.02 Å². The maximum atomic E-state index is 13.6. The maximum Gasteiger partial charge on any atom is 0.266 e. The third-order valence-corrected chi connectivity index (χ3v) is 6.49. The molecule has 2 aliphatic rings. The molecule has 3 aromatic carbocycles. The molecule has 2 aliphatic heterocycles. The molecule has 0 bridgehead atoms. The number of benzene rings is 3. The van der Waals surface area contributed by atoms with Crippen molar-refractivity contribution in [3.63, 3.8) is 0 Å². The number of hydrogen-bond donors (Lipinski definition) is 0. The Labute approximate surface area is 197 Å². The van der Waals surface area contributed by atoms with Gasteiger partial charge in [-0.05, 0) is 61.0 Å². The summed E-state index contributed by atoms with van der Waals surface area (Å²) in [6.45, 7) is 1.96. The summed E-state index contributed by atoms with van der Waals surface area (Å²) < 4.78 is 0. The van der Waals surface area contributed by atoms with Gasteiger partial charge in [-0.3, -0.25) is 14.4 Å². The van der Waals surface area contributed by atoms with Crippen molar-refractivity contribution in [1.29, 1.82) is 0 Å². The van der Waals surface area contributed by atoms with E-state index in [0.29, 0.717) is 10.7 Å². The second-order valence-electron chi connectivity index (χ2n) is 8.63. The van der Waals surface area contributed by atoms with Gasteiger partial charge in [0.25, 0.3) is 5.91 Å². The Balaban J connectivity index is 1.57. The van der Waals surface area contributed by atoms with Gasteiger partial charge in [0.15, 0.2) is 6.10 Å². The maximum absolute atomic E-state index is 13.6. The highest BCUT2D eigenvalue weighted by atomic mass is 35.5. The molecular weight excluding hydrogens is 438 g/mol. The van der Waals surface area contributed by atoms with Crippen LogP contribution in [0.15, 0.2) is 72.8 Å². The van der Waals surface area contributed by atoms with Crippen molar-refractivity contribution in [3.8, 4) is 0 Å². The fourth-order valence-electron chi connectivity index (χ4n) is 4.48. The second kappa shape index (κ2) is 8.21. The molecule has 6 nitrogen and oxygen atoms in total. The summed E-state index contributed by atoms with van der Waals surface area (Å²) in [7, 11) is 3.95. The Bertz CT molecular complexity index is 1190. The van der Waals surface area contributed by atoms with Crippen molar-refractivity contribution < 1.29 is 14.4 Å². The van der Waals surface area contributed by atoms with Gasteiger partial charge < -0.3 is 4.90 Å². The van der Waals surface area contributed by atoms with Crippen LogP contribution in [-0.2, 0) is 14.4 Å². The molecule has 2 amide bonds. The predicted octanol–water partition coefficient (Wildman–Crippen LogP) is 4.77. The van der Waals surface area contributed by atoms with E-state index in [9.17, 15) is 9.59 Å². The van der Waals surface area contributed by atoms with Crippen LogP contribution in [0.4, 0.5) is 17.1 Å². The van der Waals surface area contributed by atoms with Crippen molar-refractivity contribution in [3.05, 3.63) is 88.9 Å². The average Bonchev–Trinajstić information content (AvgIpc) is 3.31. The van der Waals surface area contributed by atoms with Gasteiger partial charge in [-0.25, -0.2) is 9.96 Å². The first-order chi connectivity index (χ1) is 15.8. The first kappa shape index (κ1) is 21.5. The first-order valence-corrected chi connectivity index (χ1v) is 11.2. The smallest absolute Gasteiger partial charge is 0.266 e. The molecule has 2 heterocycles. The van der Waals surface area contributed by atoms with Gasteiger partial charge >= 0.3 is 0 Å². The molecular formula is C26H24ClN3O3. The average molecular weight is 462 g/mol. The predicted molar refractivity (Wildman–Crippen MR) is 129 cm³/mol. The quantitative estimate of drug-likeness (QED) is 0.524. The number of amides is 2. The van der Waals surface area contributed by atoms with Crippen LogP contribution in [0.5, 0.6) is 0 Å². The Morgan fingerprint density at radius 2 is 1.42 bits per heavy atom. The lowest BCUT2D eigenvalue weighted by atomic mass is 9.90. The van der Waals surface area contributed by atoms with Gasteiger partial charge in [-0.1, -0.05) is 41.4 Å². The lowest BCUT2D eigenvalue weighted by molar-refractivity contribution is -0.126. The summed E-state index contributed by atoms with van der Waals surface area (Å²) in [6.07, 6.45) is -0.895. The summed E-state index contributed by atoms with van der Waals surface area (Å²) in [5.41, 5.74) is 4.30. The van der Waals surface area contributed by atoms with E-state index in [2.05, 4.69) is 0 Å². The van der Waals surface area contributed by atoms with E-state index < -0.39 is 18.1 Å². The van der Waals surface area contributed by atoms with Gasteiger partial charge in [-0.15, -0.1) is 0 Å². The molecule has 33 heavy (non-hydrogen) atoms. The Hall–Kier alpha value is -3.35. The van der Waals surface area contributed by atoms with E-state index in [1.807, 2.05) is 74.4 Å². The Morgan fingerprint density at radius 3 is 2.03 bits per heavy atom. The van der Waals surface area contributed by atoms with Crippen LogP contribution >= 0.6 is 11.6 Å². The molecule has 168 valence electrons. The highest BCUT2D eigenvalue weighted by Crippen LogP contribution is 2.47. The molecule has 3 aromatic rings. The van der Waals surface area contributed by atoms with Crippen LogP contribution in [0.1, 0.15) is 17.2 Å². The number of nitrogens with zero attached hydrogens (tertiary/aromatic N) is 3. The van der Waals surface area contributed by atoms with E-state index in [1.165, 1.54) is 4.90 Å². The third kappa shape index (κ3) is 3.65. The van der Waals surface area contributed by atoms with E-state index in [0.717, 1.165) is 22.5 Å². The zero-order chi connectivity index (χ0) is 23.3. The van der Waals surface area contributed by atoms with Gasteiger partial charge in [-0.2, -0.15) is 0 Å². The van der Waals surface area contributed by atoms with Crippen molar-refractivity contribution in [1.82, 2.24) is 0 Å². The number of hydrogen-bond acceptors (Lipinski definition) is 5. The topological polar surface area (TPSA) is 53.1 Å². The molecule has 2 saturated heterocycles. The minimum atomic E-state index is -0.895. The monoisotopic (exact) mass is 461 g/mol. The van der Waals surface area contributed by atoms with Crippen LogP contribution in [-0.4, -0.2) is 32.0 Å². The number of aryl methyl sites for hydroxylation is 1. The number of rotatable bonds is 4. The largest absolute Gasteiger partial charge is 0.378 e. The molecule has 5 rings (SSSR count). The standard InChI is InChI=1S/C26H24ClN3O3/c1-16-4-10-20(11-5-16)29-25(31)22-23(17-6-12-19(13-7-17)28(2)3)30(33-24(22)26(29)32)21-14-8-18(27)9-15-21/h4-15,22-24H,1-3H3/t22-,23-,24-/m0/s1. The summed E-state index contributed by atoms with van der Waals surface area (Å²) in [5, 5.41) is 2.28. The minimum absolute atomic E-state index is 0.257. The first-order valence-electron chi connectivity index (χ1n) is 10.8. The van der Waals surface area contributed by atoms with Crippen molar-refractivity contribution in [2.24, 2.45) is 5.92 Å². The highest BCUT2D eigenvalue weighted by Gasteiger charge is 2.60. The lowest BCUT2D eigenvalue weighted by Crippen LogP contribution is -2.37. The highest BCUT2D eigenvalue weighted by molar-refractivity contribution is 6.30. The number of imide groups is 1. The van der Waals surface area contributed by atoms with E-state index >= 15 is 0 Å². The van der Waals surface area contributed by atoms with Crippen molar-refractivity contribution in [2.45, 2.75) is 19.1 Å². The van der Waals surface area contributed by atoms with Gasteiger partial charge in [0, 0.05) is 24.8 Å². The van der Waals surface area contributed by atoms with Crippen LogP contribution < -0.4 is 14.9 Å².